The maximum absolute atomic E-state index is 12.5. The summed E-state index contributed by atoms with van der Waals surface area (Å²) in [6, 6.07) is 0. The third-order valence-electron chi connectivity index (χ3n) is 4.28. The molecule has 3 aromatic heterocycles. The van der Waals surface area contributed by atoms with Gasteiger partial charge < -0.3 is 13.8 Å². The van der Waals surface area contributed by atoms with Gasteiger partial charge in [-0.25, -0.2) is 9.97 Å². The zero-order chi connectivity index (χ0) is 16.0. The summed E-state index contributed by atoms with van der Waals surface area (Å²) in [6.07, 6.45) is 5.10. The highest BCUT2D eigenvalue weighted by Crippen LogP contribution is 2.36. The van der Waals surface area contributed by atoms with Gasteiger partial charge in [-0.05, 0) is 12.8 Å². The van der Waals surface area contributed by atoms with Crippen molar-refractivity contribution in [2.24, 2.45) is 7.05 Å². The molecule has 1 fully saturated rings. The number of ether oxygens (including phenoxy) is 1. The molecule has 3 aromatic rings. The molecule has 0 radical (unpaired) electrons. The van der Waals surface area contributed by atoms with Crippen LogP contribution in [0.15, 0.2) is 22.0 Å². The van der Waals surface area contributed by atoms with Gasteiger partial charge in [-0.2, -0.15) is 4.98 Å². The predicted octanol–water partition coefficient (Wildman–Crippen LogP) is 0.454. The summed E-state index contributed by atoms with van der Waals surface area (Å²) in [6.45, 7) is 0.195. The van der Waals surface area contributed by atoms with Crippen LogP contribution in [0.5, 0.6) is 0 Å². The lowest BCUT2D eigenvalue weighted by atomic mass is 9.82. The Balaban J connectivity index is 1.57. The quantitative estimate of drug-likeness (QED) is 0.689. The van der Waals surface area contributed by atoms with Crippen molar-refractivity contribution in [3.05, 3.63) is 34.7 Å². The van der Waals surface area contributed by atoms with Crippen LogP contribution in [-0.2, 0) is 18.3 Å². The average Bonchev–Trinajstić information content (AvgIpc) is 3.09. The van der Waals surface area contributed by atoms with Crippen LogP contribution in [0.1, 0.15) is 30.5 Å². The summed E-state index contributed by atoms with van der Waals surface area (Å²) in [4.78, 5) is 25.1. The van der Waals surface area contributed by atoms with E-state index in [1.165, 1.54) is 10.9 Å². The standard InChI is InChI=1S/C14H16N6O3/c1-19-6-15-13-11(19)14(21)20(7-16-13)5-10-17-12(18-23-10)8-3-9(4-8)22-2/h6-9H,3-5H2,1-2H3. The lowest BCUT2D eigenvalue weighted by molar-refractivity contribution is 0.0231. The van der Waals surface area contributed by atoms with Crippen LogP contribution in [0.2, 0.25) is 0 Å². The van der Waals surface area contributed by atoms with Crippen molar-refractivity contribution in [3.63, 3.8) is 0 Å². The molecular weight excluding hydrogens is 300 g/mol. The molecule has 9 heteroatoms. The lowest BCUT2D eigenvalue weighted by Crippen LogP contribution is -2.29. The summed E-state index contributed by atoms with van der Waals surface area (Å²) in [7, 11) is 3.47. The fourth-order valence-electron chi connectivity index (χ4n) is 2.80. The molecule has 0 aliphatic heterocycles. The minimum Gasteiger partial charge on any atom is -0.381 e. The van der Waals surface area contributed by atoms with Crippen molar-refractivity contribution in [2.75, 3.05) is 7.11 Å². The first kappa shape index (κ1) is 14.1. The minimum absolute atomic E-state index is 0.183. The summed E-state index contributed by atoms with van der Waals surface area (Å²) in [5.74, 6) is 1.34. The van der Waals surface area contributed by atoms with Gasteiger partial charge in [-0.15, -0.1) is 0 Å². The van der Waals surface area contributed by atoms with Gasteiger partial charge in [0, 0.05) is 20.1 Å². The van der Waals surface area contributed by atoms with E-state index in [-0.39, 0.29) is 24.1 Å². The van der Waals surface area contributed by atoms with E-state index >= 15 is 0 Å². The molecule has 1 saturated carbocycles. The average molecular weight is 316 g/mol. The topological polar surface area (TPSA) is 101 Å². The fourth-order valence-corrected chi connectivity index (χ4v) is 2.80. The number of hydrogen-bond acceptors (Lipinski definition) is 7. The molecule has 120 valence electrons. The van der Waals surface area contributed by atoms with Crippen LogP contribution in [0, 0.1) is 0 Å². The SMILES string of the molecule is COC1CC(c2noc(Cn3cnc4ncn(C)c4c3=O)n2)C1. The smallest absolute Gasteiger partial charge is 0.280 e. The molecule has 0 atom stereocenters. The molecule has 4 rings (SSSR count). The van der Waals surface area contributed by atoms with Crippen LogP contribution >= 0.6 is 0 Å². The monoisotopic (exact) mass is 316 g/mol. The molecule has 0 amide bonds. The van der Waals surface area contributed by atoms with Crippen LogP contribution in [-0.4, -0.2) is 42.5 Å². The van der Waals surface area contributed by atoms with Gasteiger partial charge in [0.25, 0.3) is 5.56 Å². The van der Waals surface area contributed by atoms with Crippen LogP contribution in [0.4, 0.5) is 0 Å². The van der Waals surface area contributed by atoms with E-state index in [2.05, 4.69) is 20.1 Å². The number of nitrogens with zero attached hydrogens (tertiary/aromatic N) is 6. The van der Waals surface area contributed by atoms with Crippen LogP contribution in [0.25, 0.3) is 11.2 Å². The number of imidazole rings is 1. The Bertz CT molecular complexity index is 905. The van der Waals surface area contributed by atoms with Crippen molar-refractivity contribution in [3.8, 4) is 0 Å². The largest absolute Gasteiger partial charge is 0.381 e. The van der Waals surface area contributed by atoms with Gasteiger partial charge in [-0.1, -0.05) is 5.16 Å². The second-order valence-corrected chi connectivity index (χ2v) is 5.78. The number of aromatic nitrogens is 6. The van der Waals surface area contributed by atoms with Crippen molar-refractivity contribution in [1.29, 1.82) is 0 Å². The minimum atomic E-state index is -0.183. The highest BCUT2D eigenvalue weighted by Gasteiger charge is 2.33. The van der Waals surface area contributed by atoms with Crippen molar-refractivity contribution in [1.82, 2.24) is 29.2 Å². The third kappa shape index (κ3) is 2.33. The second kappa shape index (κ2) is 5.27. The highest BCUT2D eigenvalue weighted by molar-refractivity contribution is 5.68. The van der Waals surface area contributed by atoms with E-state index in [0.717, 1.165) is 12.8 Å². The molecule has 0 spiro atoms. The van der Waals surface area contributed by atoms with Gasteiger partial charge in [0.1, 0.15) is 12.9 Å². The Labute approximate surface area is 130 Å². The Morgan fingerprint density at radius 3 is 2.91 bits per heavy atom. The van der Waals surface area contributed by atoms with E-state index in [1.807, 2.05) is 0 Å². The Morgan fingerprint density at radius 2 is 2.13 bits per heavy atom. The molecule has 0 bridgehead atoms. The molecule has 0 aromatic carbocycles. The second-order valence-electron chi connectivity index (χ2n) is 5.78. The van der Waals surface area contributed by atoms with Crippen molar-refractivity contribution < 1.29 is 9.26 Å². The molecule has 1 aliphatic rings. The number of fused-ring (bicyclic) bond motifs is 1. The molecule has 1 aliphatic carbocycles. The third-order valence-corrected chi connectivity index (χ3v) is 4.28. The van der Waals surface area contributed by atoms with Gasteiger partial charge in [0.15, 0.2) is 17.0 Å². The van der Waals surface area contributed by atoms with E-state index in [9.17, 15) is 4.79 Å². The molecule has 9 nitrogen and oxygen atoms in total. The molecule has 0 saturated heterocycles. The van der Waals surface area contributed by atoms with Crippen molar-refractivity contribution >= 4 is 11.2 Å². The highest BCUT2D eigenvalue weighted by atomic mass is 16.5. The number of aryl methyl sites for hydroxylation is 1. The molecular formula is C14H16N6O3. The molecule has 0 N–H and O–H groups in total. The van der Waals surface area contributed by atoms with Gasteiger partial charge in [0.05, 0.1) is 12.4 Å². The number of methoxy groups -OCH3 is 1. The first-order valence-electron chi connectivity index (χ1n) is 7.37. The predicted molar refractivity (Wildman–Crippen MR) is 78.9 cm³/mol. The Hall–Kier alpha value is -2.55. The van der Waals surface area contributed by atoms with Crippen molar-refractivity contribution in [2.45, 2.75) is 31.4 Å². The van der Waals surface area contributed by atoms with E-state index in [4.69, 9.17) is 9.26 Å². The van der Waals surface area contributed by atoms with Crippen LogP contribution in [0.3, 0.4) is 0 Å². The molecule has 23 heavy (non-hydrogen) atoms. The fraction of sp³-hybridized carbons (Fsp3) is 0.500. The first-order chi connectivity index (χ1) is 11.2. The van der Waals surface area contributed by atoms with E-state index < -0.39 is 0 Å². The summed E-state index contributed by atoms with van der Waals surface area (Å²) in [5.41, 5.74) is 0.701. The maximum Gasteiger partial charge on any atom is 0.280 e. The molecule has 0 unspecified atom stereocenters. The van der Waals surface area contributed by atoms with Gasteiger partial charge in [-0.3, -0.25) is 9.36 Å². The summed E-state index contributed by atoms with van der Waals surface area (Å²) >= 11 is 0. The zero-order valence-electron chi connectivity index (χ0n) is 12.8. The number of rotatable bonds is 4. The summed E-state index contributed by atoms with van der Waals surface area (Å²) < 4.78 is 13.6. The Kier molecular flexibility index (Phi) is 3.22. The van der Waals surface area contributed by atoms with Gasteiger partial charge in [0.2, 0.25) is 5.89 Å². The maximum atomic E-state index is 12.5. The number of hydrogen-bond donors (Lipinski definition) is 0. The van der Waals surface area contributed by atoms with Crippen LogP contribution < -0.4 is 5.56 Å². The first-order valence-corrected chi connectivity index (χ1v) is 7.37. The lowest BCUT2D eigenvalue weighted by Gasteiger charge is -2.31. The van der Waals surface area contributed by atoms with E-state index in [1.54, 1.807) is 25.1 Å². The summed E-state index contributed by atoms with van der Waals surface area (Å²) in [5, 5.41) is 4.01. The normalized spacial score (nSPS) is 20.8. The Morgan fingerprint density at radius 1 is 1.35 bits per heavy atom. The van der Waals surface area contributed by atoms with Gasteiger partial charge >= 0.3 is 0 Å². The van der Waals surface area contributed by atoms with E-state index in [0.29, 0.717) is 22.9 Å². The molecule has 3 heterocycles. The zero-order valence-corrected chi connectivity index (χ0v) is 12.8.